The summed E-state index contributed by atoms with van der Waals surface area (Å²) in [6, 6.07) is 9.33. The van der Waals surface area contributed by atoms with E-state index in [1.807, 2.05) is 44.2 Å². The first-order valence-electron chi connectivity index (χ1n) is 11.1. The molecule has 0 unspecified atom stereocenters. The van der Waals surface area contributed by atoms with Crippen molar-refractivity contribution in [2.24, 2.45) is 0 Å². The second kappa shape index (κ2) is 19.8. The molecule has 0 saturated heterocycles. The number of hydrogen-bond donors (Lipinski definition) is 1. The van der Waals surface area contributed by atoms with Crippen molar-refractivity contribution in [3.63, 3.8) is 0 Å². The van der Waals surface area contributed by atoms with Crippen LogP contribution in [0.3, 0.4) is 0 Å². The zero-order valence-electron chi connectivity index (χ0n) is 21.3. The number of hydrogen-bond acceptors (Lipinski definition) is 10. The van der Waals surface area contributed by atoms with Crippen LogP contribution in [0.1, 0.15) is 19.4 Å². The Morgan fingerprint density at radius 1 is 0.730 bits per heavy atom. The summed E-state index contributed by atoms with van der Waals surface area (Å²) in [6.45, 7) is 4.41. The predicted octanol–water partition coefficient (Wildman–Crippen LogP) is 0.702. The van der Waals surface area contributed by atoms with E-state index < -0.39 is 36.4 Å². The number of nitrogens with one attached hydrogen (secondary N) is 1. The Labute approximate surface area is 215 Å². The molecule has 0 aliphatic rings. The lowest BCUT2D eigenvalue weighted by Gasteiger charge is -2.17. The van der Waals surface area contributed by atoms with E-state index in [1.54, 1.807) is 0 Å². The van der Waals surface area contributed by atoms with E-state index >= 15 is 0 Å². The van der Waals surface area contributed by atoms with Gasteiger partial charge in [-0.15, -0.1) is 0 Å². The molecule has 37 heavy (non-hydrogen) atoms. The fourth-order valence-electron chi connectivity index (χ4n) is 2.29. The van der Waals surface area contributed by atoms with E-state index in [0.29, 0.717) is 19.6 Å². The van der Waals surface area contributed by atoms with Crippen LogP contribution in [0.15, 0.2) is 54.6 Å². The standard InChI is InChI=1S/C14H15NO5.C11H17NO5/c1-19-13(17)7-8-14(18)20-10-12(16)15-9-11-5-3-2-4-6-11;1-4-12(5-2)9(13)8-17-11(15)7-6-10(14)16-3/h2-8H,9-10H2,1H3,(H,15,16);6-7H,4-5,8H2,1-3H3/b8-7+;7-6+. The Kier molecular flexibility index (Phi) is 17.4. The molecule has 0 aliphatic heterocycles. The molecule has 1 aromatic rings. The van der Waals surface area contributed by atoms with Crippen LogP contribution in [0.2, 0.25) is 0 Å². The third-order valence-electron chi connectivity index (χ3n) is 4.25. The quantitative estimate of drug-likeness (QED) is 0.237. The van der Waals surface area contributed by atoms with Gasteiger partial charge in [-0.05, 0) is 19.4 Å². The molecule has 12 nitrogen and oxygen atoms in total. The van der Waals surface area contributed by atoms with Crippen molar-refractivity contribution < 1.29 is 47.7 Å². The molecule has 0 aromatic heterocycles. The van der Waals surface area contributed by atoms with Gasteiger partial charge in [0.15, 0.2) is 13.2 Å². The highest BCUT2D eigenvalue weighted by Crippen LogP contribution is 1.97. The summed E-state index contributed by atoms with van der Waals surface area (Å²) in [6.07, 6.45) is 3.67. The number of benzene rings is 1. The molecule has 202 valence electrons. The molecule has 0 fully saturated rings. The van der Waals surface area contributed by atoms with Gasteiger partial charge < -0.3 is 29.2 Å². The SMILES string of the molecule is CCN(CC)C(=O)COC(=O)/C=C/C(=O)OC.COC(=O)/C=C/C(=O)OCC(=O)NCc1ccccc1. The second-order valence-corrected chi connectivity index (χ2v) is 6.76. The number of nitrogens with zero attached hydrogens (tertiary/aromatic N) is 1. The Bertz CT molecular complexity index is 953. The van der Waals surface area contributed by atoms with Gasteiger partial charge in [-0.3, -0.25) is 9.59 Å². The molecule has 0 saturated carbocycles. The normalized spacial score (nSPS) is 10.1. The molecule has 0 heterocycles. The molecule has 1 rings (SSSR count). The highest BCUT2D eigenvalue weighted by molar-refractivity contribution is 5.93. The van der Waals surface area contributed by atoms with Gasteiger partial charge in [-0.2, -0.15) is 0 Å². The minimum atomic E-state index is -0.787. The third kappa shape index (κ3) is 16.7. The highest BCUT2D eigenvalue weighted by atomic mass is 16.5. The van der Waals surface area contributed by atoms with Crippen LogP contribution in [-0.4, -0.2) is 81.1 Å². The molecule has 1 aromatic carbocycles. The monoisotopic (exact) mass is 520 g/mol. The topological polar surface area (TPSA) is 155 Å². The second-order valence-electron chi connectivity index (χ2n) is 6.76. The van der Waals surface area contributed by atoms with E-state index in [-0.39, 0.29) is 12.5 Å². The number of methoxy groups -OCH3 is 2. The number of rotatable bonds is 12. The average molecular weight is 521 g/mol. The summed E-state index contributed by atoms with van der Waals surface area (Å²) >= 11 is 0. The summed E-state index contributed by atoms with van der Waals surface area (Å²) in [7, 11) is 2.39. The van der Waals surface area contributed by atoms with Gasteiger partial charge in [-0.1, -0.05) is 30.3 Å². The Hall–Kier alpha value is -4.48. The predicted molar refractivity (Wildman–Crippen MR) is 130 cm³/mol. The summed E-state index contributed by atoms with van der Waals surface area (Å²) < 4.78 is 17.9. The van der Waals surface area contributed by atoms with Gasteiger partial charge in [-0.25, -0.2) is 19.2 Å². The van der Waals surface area contributed by atoms with E-state index in [0.717, 1.165) is 29.9 Å². The van der Waals surface area contributed by atoms with Crippen molar-refractivity contribution in [2.45, 2.75) is 20.4 Å². The number of ether oxygens (including phenoxy) is 4. The first-order chi connectivity index (χ1) is 17.7. The molecule has 0 spiro atoms. The van der Waals surface area contributed by atoms with Crippen LogP contribution in [0.4, 0.5) is 0 Å². The molecular weight excluding hydrogens is 488 g/mol. The van der Waals surface area contributed by atoms with Gasteiger partial charge in [0.2, 0.25) is 0 Å². The fourth-order valence-corrected chi connectivity index (χ4v) is 2.29. The number of likely N-dealkylation sites (N-methyl/N-ethyl adjacent to an activating group) is 1. The van der Waals surface area contributed by atoms with Crippen molar-refractivity contribution in [1.82, 2.24) is 10.2 Å². The van der Waals surface area contributed by atoms with Crippen molar-refractivity contribution >= 4 is 35.7 Å². The van der Waals surface area contributed by atoms with Crippen molar-refractivity contribution in [1.29, 1.82) is 0 Å². The Balaban J connectivity index is 0.000000712. The first-order valence-corrected chi connectivity index (χ1v) is 11.1. The van der Waals surface area contributed by atoms with E-state index in [2.05, 4.69) is 24.3 Å². The fraction of sp³-hybridized carbons (Fsp3) is 0.360. The smallest absolute Gasteiger partial charge is 0.331 e. The molecule has 12 heteroatoms. The Morgan fingerprint density at radius 2 is 1.19 bits per heavy atom. The van der Waals surface area contributed by atoms with E-state index in [1.165, 1.54) is 19.1 Å². The lowest BCUT2D eigenvalue weighted by Crippen LogP contribution is -2.34. The molecule has 1 N–H and O–H groups in total. The first kappa shape index (κ1) is 32.5. The van der Waals surface area contributed by atoms with Crippen LogP contribution in [0.25, 0.3) is 0 Å². The molecule has 0 aliphatic carbocycles. The number of esters is 4. The van der Waals surface area contributed by atoms with Crippen molar-refractivity contribution in [3.8, 4) is 0 Å². The Morgan fingerprint density at radius 3 is 1.65 bits per heavy atom. The van der Waals surface area contributed by atoms with Gasteiger partial charge in [0, 0.05) is 43.9 Å². The zero-order chi connectivity index (χ0) is 28.1. The van der Waals surface area contributed by atoms with Crippen LogP contribution >= 0.6 is 0 Å². The maximum absolute atomic E-state index is 11.4. The van der Waals surface area contributed by atoms with E-state index in [9.17, 15) is 28.8 Å². The molecule has 0 bridgehead atoms. The molecule has 0 atom stereocenters. The maximum Gasteiger partial charge on any atom is 0.331 e. The van der Waals surface area contributed by atoms with Crippen LogP contribution in [-0.2, 0) is 54.3 Å². The minimum absolute atomic E-state index is 0.269. The van der Waals surface area contributed by atoms with Crippen LogP contribution in [0, 0.1) is 0 Å². The van der Waals surface area contributed by atoms with Gasteiger partial charge in [0.1, 0.15) is 0 Å². The number of carbonyl (C=O) groups is 6. The average Bonchev–Trinajstić information content (AvgIpc) is 2.92. The summed E-state index contributed by atoms with van der Waals surface area (Å²) in [5.41, 5.74) is 0.942. The molecule has 2 amide bonds. The van der Waals surface area contributed by atoms with Gasteiger partial charge in [0.25, 0.3) is 11.8 Å². The largest absolute Gasteiger partial charge is 0.466 e. The third-order valence-corrected chi connectivity index (χ3v) is 4.25. The van der Waals surface area contributed by atoms with Crippen LogP contribution in [0.5, 0.6) is 0 Å². The van der Waals surface area contributed by atoms with Crippen molar-refractivity contribution in [3.05, 3.63) is 60.2 Å². The summed E-state index contributed by atoms with van der Waals surface area (Å²) in [5, 5.41) is 2.60. The number of amides is 2. The lowest BCUT2D eigenvalue weighted by molar-refractivity contribution is -0.148. The van der Waals surface area contributed by atoms with E-state index in [4.69, 9.17) is 0 Å². The summed E-state index contributed by atoms with van der Waals surface area (Å²) in [4.78, 5) is 68.0. The van der Waals surface area contributed by atoms with Crippen molar-refractivity contribution in [2.75, 3.05) is 40.5 Å². The number of carbonyl (C=O) groups excluding carboxylic acids is 6. The zero-order valence-corrected chi connectivity index (χ0v) is 21.3. The highest BCUT2D eigenvalue weighted by Gasteiger charge is 2.11. The van der Waals surface area contributed by atoms with Gasteiger partial charge >= 0.3 is 23.9 Å². The lowest BCUT2D eigenvalue weighted by atomic mass is 10.2. The molecule has 0 radical (unpaired) electrons. The minimum Gasteiger partial charge on any atom is -0.466 e. The van der Waals surface area contributed by atoms with Crippen LogP contribution < -0.4 is 5.32 Å². The molecular formula is C25H32N2O10. The maximum atomic E-state index is 11.4. The summed E-state index contributed by atoms with van der Waals surface area (Å²) in [5.74, 6) is -3.56. The van der Waals surface area contributed by atoms with Gasteiger partial charge in [0.05, 0.1) is 14.2 Å².